The van der Waals surface area contributed by atoms with Gasteiger partial charge in [-0.3, -0.25) is 0 Å². The van der Waals surface area contributed by atoms with Crippen LogP contribution < -0.4 is 10.6 Å². The molecule has 33 heavy (non-hydrogen) atoms. The van der Waals surface area contributed by atoms with Crippen LogP contribution in [-0.2, 0) is 24.0 Å². The first-order valence-corrected chi connectivity index (χ1v) is 11.4. The Morgan fingerprint density at radius 3 is 2.61 bits per heavy atom. The molecule has 3 aromatic rings. The van der Waals surface area contributed by atoms with Crippen molar-refractivity contribution < 1.29 is 14.6 Å². The molecule has 0 radical (unpaired) electrons. The molecule has 0 aliphatic heterocycles. The van der Waals surface area contributed by atoms with Crippen molar-refractivity contribution in [2.45, 2.75) is 45.3 Å². The number of nitrogens with zero attached hydrogens (tertiary/aromatic N) is 2. The number of hydrogen-bond acceptors (Lipinski definition) is 6. The maximum Gasteiger partial charge on any atom is 0.407 e. The van der Waals surface area contributed by atoms with E-state index >= 15 is 0 Å². The first-order valence-electron chi connectivity index (χ1n) is 11.1. The van der Waals surface area contributed by atoms with Crippen molar-refractivity contribution in [3.8, 4) is 17.0 Å². The van der Waals surface area contributed by atoms with Crippen molar-refractivity contribution in [1.82, 2.24) is 15.3 Å². The van der Waals surface area contributed by atoms with Gasteiger partial charge in [-0.1, -0.05) is 49.7 Å². The van der Waals surface area contributed by atoms with Gasteiger partial charge in [0.2, 0.25) is 0 Å². The predicted octanol–water partition coefficient (Wildman–Crippen LogP) is 5.06. The molecular weight excluding hydrogens is 440 g/mol. The van der Waals surface area contributed by atoms with Crippen LogP contribution in [0.4, 0.5) is 10.6 Å². The van der Waals surface area contributed by atoms with Gasteiger partial charge in [-0.15, -0.1) is 0 Å². The Balaban J connectivity index is 1.74. The van der Waals surface area contributed by atoms with Gasteiger partial charge in [0.25, 0.3) is 0 Å². The maximum atomic E-state index is 12.0. The molecule has 0 saturated heterocycles. The van der Waals surface area contributed by atoms with Gasteiger partial charge in [0, 0.05) is 19.0 Å². The minimum Gasteiger partial charge on any atom is -0.508 e. The topological polar surface area (TPSA) is 96.4 Å². The van der Waals surface area contributed by atoms with Crippen LogP contribution in [0, 0.1) is 0 Å². The van der Waals surface area contributed by atoms with Gasteiger partial charge in [0.15, 0.2) is 0 Å². The number of nitrogens with one attached hydrogen (secondary N) is 2. The van der Waals surface area contributed by atoms with Crippen LogP contribution in [0.15, 0.2) is 42.5 Å². The summed E-state index contributed by atoms with van der Waals surface area (Å²) in [7, 11) is 1.55. The quantitative estimate of drug-likeness (QED) is 0.469. The summed E-state index contributed by atoms with van der Waals surface area (Å²) in [4.78, 5) is 21.8. The molecule has 1 aromatic heterocycles. The summed E-state index contributed by atoms with van der Waals surface area (Å²) >= 11 is 6.41. The van der Waals surface area contributed by atoms with E-state index in [2.05, 4.69) is 16.7 Å². The fourth-order valence-corrected chi connectivity index (χ4v) is 4.47. The van der Waals surface area contributed by atoms with E-state index in [1.807, 2.05) is 32.0 Å². The van der Waals surface area contributed by atoms with E-state index in [-0.39, 0.29) is 17.9 Å². The summed E-state index contributed by atoms with van der Waals surface area (Å²) in [5.74, 6) is 0.769. The van der Waals surface area contributed by atoms with Crippen LogP contribution in [0.5, 0.6) is 5.75 Å². The fourth-order valence-electron chi connectivity index (χ4n) is 4.21. The molecule has 0 saturated carbocycles. The van der Waals surface area contributed by atoms with Crippen LogP contribution in [0.1, 0.15) is 42.4 Å². The molecule has 0 fully saturated rings. The van der Waals surface area contributed by atoms with Gasteiger partial charge in [-0.05, 0) is 42.2 Å². The first kappa shape index (κ1) is 22.9. The number of hydrogen-bond donors (Lipinski definition) is 3. The molecule has 0 spiro atoms. The van der Waals surface area contributed by atoms with Crippen molar-refractivity contribution in [1.29, 1.82) is 0 Å². The molecule has 1 aliphatic carbocycles. The summed E-state index contributed by atoms with van der Waals surface area (Å²) in [5, 5.41) is 16.2. The number of rotatable bonds is 6. The molecule has 8 heteroatoms. The second kappa shape index (κ2) is 9.67. The van der Waals surface area contributed by atoms with Crippen molar-refractivity contribution in [2.75, 3.05) is 12.4 Å². The van der Waals surface area contributed by atoms with Crippen molar-refractivity contribution in [3.63, 3.8) is 0 Å². The number of phenols is 1. The highest BCUT2D eigenvalue weighted by Gasteiger charge is 2.36. The number of aromatic nitrogens is 2. The summed E-state index contributed by atoms with van der Waals surface area (Å²) in [5.41, 5.74) is 5.23. The second-order valence-corrected chi connectivity index (χ2v) is 8.31. The Bertz CT molecular complexity index is 1180. The first-order chi connectivity index (χ1) is 15.9. The summed E-state index contributed by atoms with van der Waals surface area (Å²) in [6, 6.07) is 12.7. The van der Waals surface area contributed by atoms with Gasteiger partial charge < -0.3 is 20.5 Å². The number of carbonyl (C=O) groups is 1. The van der Waals surface area contributed by atoms with Gasteiger partial charge in [0.1, 0.15) is 17.7 Å². The summed E-state index contributed by atoms with van der Waals surface area (Å²) < 4.78 is 5.68. The minimum absolute atomic E-state index is 0.103. The highest BCUT2D eigenvalue weighted by atomic mass is 35.5. The van der Waals surface area contributed by atoms with Crippen LogP contribution in [0.25, 0.3) is 11.3 Å². The number of anilines is 1. The summed E-state index contributed by atoms with van der Waals surface area (Å²) in [6.45, 7) is 4.03. The third-order valence-electron chi connectivity index (χ3n) is 5.86. The van der Waals surface area contributed by atoms with Crippen LogP contribution in [0.3, 0.4) is 0 Å². The Labute approximate surface area is 198 Å². The third-order valence-corrected chi connectivity index (χ3v) is 6.17. The largest absolute Gasteiger partial charge is 0.508 e. The fraction of sp³-hybridized carbons (Fsp3) is 0.320. The number of fused-ring (bicyclic) bond motifs is 1. The molecule has 4 rings (SSSR count). The lowest BCUT2D eigenvalue weighted by Crippen LogP contribution is -2.32. The number of carbonyl (C=O) groups excluding carboxylic acids is 1. The van der Waals surface area contributed by atoms with E-state index < -0.39 is 6.09 Å². The molecule has 172 valence electrons. The highest BCUT2D eigenvalue weighted by molar-refractivity contribution is 6.33. The number of ether oxygens (including phenoxy) is 1. The van der Waals surface area contributed by atoms with E-state index in [1.54, 1.807) is 19.2 Å². The molecule has 0 bridgehead atoms. The average Bonchev–Trinajstić information content (AvgIpc) is 3.15. The monoisotopic (exact) mass is 466 g/mol. The number of halogens is 1. The van der Waals surface area contributed by atoms with Crippen molar-refractivity contribution >= 4 is 23.5 Å². The van der Waals surface area contributed by atoms with Crippen molar-refractivity contribution in [3.05, 3.63) is 70.0 Å². The van der Waals surface area contributed by atoms with Gasteiger partial charge in [-0.25, -0.2) is 14.8 Å². The number of phenolic OH excluding ortho intramolecular Hbond substituents is 1. The van der Waals surface area contributed by atoms with Crippen molar-refractivity contribution in [2.24, 2.45) is 0 Å². The van der Waals surface area contributed by atoms with Crippen LogP contribution >= 0.6 is 11.6 Å². The van der Waals surface area contributed by atoms with E-state index in [0.29, 0.717) is 35.8 Å². The second-order valence-electron chi connectivity index (χ2n) is 7.90. The molecule has 2 atom stereocenters. The van der Waals surface area contributed by atoms with E-state index in [4.69, 9.17) is 26.3 Å². The third kappa shape index (κ3) is 4.59. The lowest BCUT2D eigenvalue weighted by Gasteiger charge is -2.24. The Morgan fingerprint density at radius 2 is 1.91 bits per heavy atom. The highest BCUT2D eigenvalue weighted by Crippen LogP contribution is 2.38. The minimum atomic E-state index is -0.465. The number of aryl methyl sites for hydroxylation is 2. The van der Waals surface area contributed by atoms with Gasteiger partial charge in [-0.2, -0.15) is 0 Å². The zero-order valence-electron chi connectivity index (χ0n) is 18.9. The van der Waals surface area contributed by atoms with Gasteiger partial charge >= 0.3 is 6.09 Å². The molecule has 1 amide bonds. The smallest absolute Gasteiger partial charge is 0.407 e. The average molecular weight is 467 g/mol. The van der Waals surface area contributed by atoms with E-state index in [1.165, 1.54) is 6.07 Å². The maximum absolute atomic E-state index is 12.0. The zero-order valence-corrected chi connectivity index (χ0v) is 19.6. The van der Waals surface area contributed by atoms with Crippen LogP contribution in [0.2, 0.25) is 5.02 Å². The molecular formula is C25H27ClN4O3. The lowest BCUT2D eigenvalue weighted by molar-refractivity contribution is 0.0944. The normalized spacial score (nSPS) is 16.8. The Hall–Kier alpha value is -3.32. The SMILES string of the molecule is CCc1nc(-c2ccc(O)cc2Cl)c(CC)nc1N[C@@H]1c2ccccc2C[C@@H]1OC(=O)NC. The molecule has 2 aromatic carbocycles. The van der Waals surface area contributed by atoms with E-state index in [9.17, 15) is 9.90 Å². The molecule has 1 aliphatic rings. The number of aromatic hydroxyl groups is 1. The molecule has 0 unspecified atom stereocenters. The molecule has 1 heterocycles. The van der Waals surface area contributed by atoms with Crippen LogP contribution in [-0.4, -0.2) is 34.3 Å². The molecule has 3 N–H and O–H groups in total. The predicted molar refractivity (Wildman–Crippen MR) is 129 cm³/mol. The zero-order chi connectivity index (χ0) is 23.5. The molecule has 7 nitrogen and oxygen atoms in total. The standard InChI is InChI=1S/C25H27ClN4O3/c1-4-19-22(17-11-10-15(31)13-18(17)26)28-20(5-2)24(29-19)30-23-16-9-7-6-8-14(16)12-21(23)33-25(32)27-3/h6-11,13,21,23,31H,4-5,12H2,1-3H3,(H,27,32)(H,29,30)/t21-,23+/m0/s1. The number of alkyl carbamates (subject to hydrolysis) is 1. The van der Waals surface area contributed by atoms with E-state index in [0.717, 1.165) is 28.1 Å². The lowest BCUT2D eigenvalue weighted by atomic mass is 10.1. The number of amides is 1. The number of benzene rings is 2. The Morgan fingerprint density at radius 1 is 1.15 bits per heavy atom. The van der Waals surface area contributed by atoms with Gasteiger partial charge in [0.05, 0.1) is 28.1 Å². The Kier molecular flexibility index (Phi) is 6.70. The summed E-state index contributed by atoms with van der Waals surface area (Å²) in [6.07, 6.45) is 1.09.